The first-order valence-electron chi connectivity index (χ1n) is 10.4. The van der Waals surface area contributed by atoms with Crippen LogP contribution in [0.15, 0.2) is 65.1 Å². The van der Waals surface area contributed by atoms with Gasteiger partial charge in [0.05, 0.1) is 5.56 Å². The minimum Gasteiger partial charge on any atom is -0.166 e. The van der Waals surface area contributed by atoms with Gasteiger partial charge in [0.15, 0.2) is 0 Å². The summed E-state index contributed by atoms with van der Waals surface area (Å²) in [5.41, 5.74) is 6.28. The van der Waals surface area contributed by atoms with E-state index in [9.17, 15) is 13.2 Å². The molecule has 0 atom stereocenters. The number of benzene rings is 3. The number of hydrogen-bond acceptors (Lipinski definition) is 0. The molecule has 4 heteroatoms. The number of alkyl halides is 3. The van der Waals surface area contributed by atoms with Crippen LogP contribution in [0, 0.1) is 0 Å². The van der Waals surface area contributed by atoms with Gasteiger partial charge in [0.25, 0.3) is 0 Å². The highest BCUT2D eigenvalue weighted by molar-refractivity contribution is 9.10. The summed E-state index contributed by atoms with van der Waals surface area (Å²) in [5, 5.41) is 0. The maximum absolute atomic E-state index is 13.0. The molecule has 0 unspecified atom stereocenters. The van der Waals surface area contributed by atoms with E-state index in [0.29, 0.717) is 0 Å². The number of fused-ring (bicyclic) bond motifs is 3. The summed E-state index contributed by atoms with van der Waals surface area (Å²) in [6, 6.07) is 18.4. The lowest BCUT2D eigenvalue weighted by atomic mass is 9.71. The predicted molar refractivity (Wildman–Crippen MR) is 121 cm³/mol. The van der Waals surface area contributed by atoms with E-state index >= 15 is 0 Å². The normalized spacial score (nSPS) is 14.5. The molecule has 0 N–H and O–H groups in total. The van der Waals surface area contributed by atoms with Crippen molar-refractivity contribution in [1.29, 1.82) is 0 Å². The first-order chi connectivity index (χ1) is 14.3. The van der Waals surface area contributed by atoms with Crippen molar-refractivity contribution in [1.82, 2.24) is 0 Å². The highest BCUT2D eigenvalue weighted by atomic mass is 79.9. The minimum atomic E-state index is -4.32. The third kappa shape index (κ3) is 3.49. The predicted octanol–water partition coefficient (Wildman–Crippen LogP) is 9.00. The third-order valence-electron chi connectivity index (χ3n) is 6.22. The summed E-state index contributed by atoms with van der Waals surface area (Å²) >= 11 is 3.65. The van der Waals surface area contributed by atoms with Crippen LogP contribution in [0.2, 0.25) is 0 Å². The van der Waals surface area contributed by atoms with Crippen molar-refractivity contribution in [3.05, 3.63) is 81.8 Å². The number of hydrogen-bond donors (Lipinski definition) is 0. The number of rotatable bonds is 5. The van der Waals surface area contributed by atoms with Crippen LogP contribution in [0.5, 0.6) is 0 Å². The molecule has 156 valence electrons. The van der Waals surface area contributed by atoms with Gasteiger partial charge in [-0.1, -0.05) is 73.0 Å². The standard InChI is InChI=1S/C26H24BrF3/c1-3-13-25(14-4-2)23-15-18(17-5-8-19(9-6-17)26(28,29)30)7-11-21(23)22-12-10-20(27)16-24(22)25/h5-12,15-16H,3-4,13-14H2,1-2H3. The lowest BCUT2D eigenvalue weighted by Gasteiger charge is -2.32. The van der Waals surface area contributed by atoms with Gasteiger partial charge in [0, 0.05) is 9.89 Å². The number of halogens is 4. The summed E-state index contributed by atoms with van der Waals surface area (Å²) in [7, 11) is 0. The summed E-state index contributed by atoms with van der Waals surface area (Å²) in [6.45, 7) is 4.43. The van der Waals surface area contributed by atoms with E-state index in [4.69, 9.17) is 0 Å². The molecule has 0 spiro atoms. The molecule has 0 amide bonds. The van der Waals surface area contributed by atoms with Crippen molar-refractivity contribution in [2.24, 2.45) is 0 Å². The van der Waals surface area contributed by atoms with Gasteiger partial charge in [0.1, 0.15) is 0 Å². The SMILES string of the molecule is CCCC1(CCC)c2cc(Br)ccc2-c2ccc(-c3ccc(C(F)(F)F)cc3)cc21. The van der Waals surface area contributed by atoms with Gasteiger partial charge in [-0.2, -0.15) is 13.2 Å². The first kappa shape index (κ1) is 21.2. The maximum atomic E-state index is 13.0. The highest BCUT2D eigenvalue weighted by Gasteiger charge is 2.42. The molecule has 0 heterocycles. The Morgan fingerprint density at radius 1 is 0.733 bits per heavy atom. The first-order valence-corrected chi connectivity index (χ1v) is 11.2. The van der Waals surface area contributed by atoms with E-state index in [1.54, 1.807) is 12.1 Å². The molecule has 1 aliphatic rings. The van der Waals surface area contributed by atoms with E-state index in [1.165, 1.54) is 34.4 Å². The average molecular weight is 473 g/mol. The topological polar surface area (TPSA) is 0 Å². The Bertz CT molecular complexity index is 1060. The molecule has 0 aromatic heterocycles. The van der Waals surface area contributed by atoms with Gasteiger partial charge in [-0.3, -0.25) is 0 Å². The Labute approximate surface area is 184 Å². The van der Waals surface area contributed by atoms with Crippen molar-refractivity contribution in [2.45, 2.75) is 51.1 Å². The molecule has 3 aromatic carbocycles. The zero-order valence-corrected chi connectivity index (χ0v) is 18.7. The molecular formula is C26H24BrF3. The van der Waals surface area contributed by atoms with Gasteiger partial charge in [-0.25, -0.2) is 0 Å². The monoisotopic (exact) mass is 472 g/mol. The molecule has 0 saturated carbocycles. The van der Waals surface area contributed by atoms with Gasteiger partial charge >= 0.3 is 6.18 Å². The molecule has 0 radical (unpaired) electrons. The third-order valence-corrected chi connectivity index (χ3v) is 6.71. The Morgan fingerprint density at radius 3 is 1.83 bits per heavy atom. The summed E-state index contributed by atoms with van der Waals surface area (Å²) < 4.78 is 39.9. The Balaban J connectivity index is 1.87. The molecule has 0 saturated heterocycles. The van der Waals surface area contributed by atoms with Crippen LogP contribution in [0.3, 0.4) is 0 Å². The molecular weight excluding hydrogens is 449 g/mol. The van der Waals surface area contributed by atoms with Crippen molar-refractivity contribution >= 4 is 15.9 Å². The quantitative estimate of drug-likeness (QED) is 0.347. The van der Waals surface area contributed by atoms with Crippen LogP contribution >= 0.6 is 15.9 Å². The zero-order chi connectivity index (χ0) is 21.5. The van der Waals surface area contributed by atoms with Gasteiger partial charge < -0.3 is 0 Å². The van der Waals surface area contributed by atoms with Crippen LogP contribution < -0.4 is 0 Å². The summed E-state index contributed by atoms with van der Waals surface area (Å²) in [6.07, 6.45) is -0.0871. The van der Waals surface area contributed by atoms with E-state index in [0.717, 1.165) is 41.3 Å². The average Bonchev–Trinajstić information content (AvgIpc) is 2.97. The maximum Gasteiger partial charge on any atom is 0.416 e. The fraction of sp³-hybridized carbons (Fsp3) is 0.308. The van der Waals surface area contributed by atoms with E-state index in [2.05, 4.69) is 60.1 Å². The fourth-order valence-corrected chi connectivity index (χ4v) is 5.38. The van der Waals surface area contributed by atoms with Crippen molar-refractivity contribution in [2.75, 3.05) is 0 Å². The second kappa shape index (κ2) is 7.88. The van der Waals surface area contributed by atoms with E-state index in [1.807, 2.05) is 6.07 Å². The minimum absolute atomic E-state index is 0.0557. The van der Waals surface area contributed by atoms with Gasteiger partial charge in [-0.05, 0) is 76.6 Å². The molecule has 0 bridgehead atoms. The largest absolute Gasteiger partial charge is 0.416 e. The highest BCUT2D eigenvalue weighted by Crippen LogP contribution is 2.55. The molecule has 1 aliphatic carbocycles. The van der Waals surface area contributed by atoms with Gasteiger partial charge in [-0.15, -0.1) is 0 Å². The van der Waals surface area contributed by atoms with Crippen LogP contribution in [0.25, 0.3) is 22.3 Å². The van der Waals surface area contributed by atoms with Crippen LogP contribution in [-0.2, 0) is 11.6 Å². The van der Waals surface area contributed by atoms with Crippen molar-refractivity contribution in [3.63, 3.8) is 0 Å². The second-order valence-corrected chi connectivity index (χ2v) is 9.02. The molecule has 4 rings (SSSR count). The fourth-order valence-electron chi connectivity index (χ4n) is 5.02. The van der Waals surface area contributed by atoms with E-state index in [-0.39, 0.29) is 5.41 Å². The molecule has 0 nitrogen and oxygen atoms in total. The van der Waals surface area contributed by atoms with Crippen LogP contribution in [0.1, 0.15) is 56.2 Å². The van der Waals surface area contributed by atoms with Crippen LogP contribution in [-0.4, -0.2) is 0 Å². The van der Waals surface area contributed by atoms with Crippen molar-refractivity contribution in [3.8, 4) is 22.3 Å². The second-order valence-electron chi connectivity index (χ2n) is 8.11. The summed E-state index contributed by atoms with van der Waals surface area (Å²) in [5.74, 6) is 0. The lowest BCUT2D eigenvalue weighted by molar-refractivity contribution is -0.137. The molecule has 0 aliphatic heterocycles. The zero-order valence-electron chi connectivity index (χ0n) is 17.1. The Kier molecular flexibility index (Phi) is 5.56. The van der Waals surface area contributed by atoms with Gasteiger partial charge in [0.2, 0.25) is 0 Å². The summed E-state index contributed by atoms with van der Waals surface area (Å²) in [4.78, 5) is 0. The molecule has 0 fully saturated rings. The molecule has 3 aromatic rings. The van der Waals surface area contributed by atoms with E-state index < -0.39 is 11.7 Å². The van der Waals surface area contributed by atoms with Crippen LogP contribution in [0.4, 0.5) is 13.2 Å². The smallest absolute Gasteiger partial charge is 0.166 e. The Hall–Kier alpha value is -2.07. The molecule has 30 heavy (non-hydrogen) atoms. The van der Waals surface area contributed by atoms with Crippen molar-refractivity contribution < 1.29 is 13.2 Å². The lowest BCUT2D eigenvalue weighted by Crippen LogP contribution is -2.25. The Morgan fingerprint density at radius 2 is 1.27 bits per heavy atom.